The number of amides is 2. The Bertz CT molecular complexity index is 286. The van der Waals surface area contributed by atoms with Gasteiger partial charge in [0.25, 0.3) is 0 Å². The summed E-state index contributed by atoms with van der Waals surface area (Å²) in [5.41, 5.74) is 0. The van der Waals surface area contributed by atoms with Crippen LogP contribution in [0.5, 0.6) is 0 Å². The van der Waals surface area contributed by atoms with Crippen molar-refractivity contribution in [1.29, 1.82) is 0 Å². The first kappa shape index (κ1) is 16.6. The first-order valence-electron chi connectivity index (χ1n) is 8.84. The van der Waals surface area contributed by atoms with Crippen molar-refractivity contribution in [3.05, 3.63) is 0 Å². The molecule has 0 unspecified atom stereocenters. The van der Waals surface area contributed by atoms with Crippen molar-refractivity contribution >= 4 is 6.03 Å². The van der Waals surface area contributed by atoms with E-state index in [0.29, 0.717) is 12.1 Å². The second-order valence-corrected chi connectivity index (χ2v) is 6.66. The molecule has 2 rings (SSSR count). The lowest BCUT2D eigenvalue weighted by atomic mass is 10.0. The highest BCUT2D eigenvalue weighted by Gasteiger charge is 2.33. The maximum Gasteiger partial charge on any atom is 0.344 e. The van der Waals surface area contributed by atoms with E-state index in [1.54, 1.807) is 14.2 Å². The van der Waals surface area contributed by atoms with Gasteiger partial charge in [-0.25, -0.2) is 9.86 Å². The summed E-state index contributed by atoms with van der Waals surface area (Å²) in [5.74, 6) is 0. The van der Waals surface area contributed by atoms with Crippen LogP contribution in [-0.4, -0.2) is 42.2 Å². The Hall–Kier alpha value is -0.770. The zero-order chi connectivity index (χ0) is 15.1. The van der Waals surface area contributed by atoms with Gasteiger partial charge in [-0.05, 0) is 25.7 Å². The fourth-order valence-corrected chi connectivity index (χ4v) is 3.92. The summed E-state index contributed by atoms with van der Waals surface area (Å²) in [6.07, 6.45) is 15.0. The molecular weight excluding hydrogens is 264 g/mol. The van der Waals surface area contributed by atoms with Gasteiger partial charge in [-0.1, -0.05) is 51.4 Å². The van der Waals surface area contributed by atoms with E-state index in [0.717, 1.165) is 0 Å². The molecule has 0 atom stereocenters. The monoisotopic (exact) mass is 296 g/mol. The lowest BCUT2D eigenvalue weighted by Crippen LogP contribution is -2.51. The molecule has 2 fully saturated rings. The number of nitrogens with zero attached hydrogens (tertiary/aromatic N) is 2. The van der Waals surface area contributed by atoms with Gasteiger partial charge in [-0.2, -0.15) is 0 Å². The fourth-order valence-electron chi connectivity index (χ4n) is 3.92. The number of carbonyl (C=O) groups excluding carboxylic acids is 1. The highest BCUT2D eigenvalue weighted by atomic mass is 16.7. The molecule has 0 aromatic rings. The molecule has 0 aliphatic heterocycles. The summed E-state index contributed by atoms with van der Waals surface area (Å²) >= 11 is 0. The van der Waals surface area contributed by atoms with Gasteiger partial charge < -0.3 is 4.90 Å². The second-order valence-electron chi connectivity index (χ2n) is 6.66. The molecule has 2 saturated carbocycles. The van der Waals surface area contributed by atoms with E-state index in [-0.39, 0.29) is 6.03 Å². The molecule has 0 heterocycles. The molecule has 122 valence electrons. The number of carbonyl (C=O) groups is 1. The van der Waals surface area contributed by atoms with Crippen LogP contribution in [0.1, 0.15) is 77.0 Å². The van der Waals surface area contributed by atoms with Crippen molar-refractivity contribution in [2.75, 3.05) is 14.2 Å². The Labute approximate surface area is 129 Å². The van der Waals surface area contributed by atoms with Gasteiger partial charge in [0.1, 0.15) is 0 Å². The van der Waals surface area contributed by atoms with Crippen LogP contribution in [0.3, 0.4) is 0 Å². The molecular formula is C17H32N2O2. The Morgan fingerprint density at radius 3 is 1.52 bits per heavy atom. The minimum absolute atomic E-state index is 0.0660. The first-order chi connectivity index (χ1) is 10.2. The number of hydroxylamine groups is 2. The third-order valence-electron chi connectivity index (χ3n) is 5.20. The van der Waals surface area contributed by atoms with Crippen LogP contribution >= 0.6 is 0 Å². The third-order valence-corrected chi connectivity index (χ3v) is 5.20. The molecule has 21 heavy (non-hydrogen) atoms. The molecule has 0 aromatic heterocycles. The van der Waals surface area contributed by atoms with E-state index in [1.165, 1.54) is 82.1 Å². The number of rotatable bonds is 3. The van der Waals surface area contributed by atoms with Crippen molar-refractivity contribution in [3.8, 4) is 0 Å². The highest BCUT2D eigenvalue weighted by molar-refractivity contribution is 5.73. The van der Waals surface area contributed by atoms with E-state index in [2.05, 4.69) is 4.90 Å². The van der Waals surface area contributed by atoms with Crippen LogP contribution in [0.15, 0.2) is 0 Å². The van der Waals surface area contributed by atoms with Crippen molar-refractivity contribution in [2.45, 2.75) is 89.1 Å². The van der Waals surface area contributed by atoms with E-state index >= 15 is 0 Å². The molecule has 2 aliphatic rings. The van der Waals surface area contributed by atoms with Crippen molar-refractivity contribution < 1.29 is 9.63 Å². The summed E-state index contributed by atoms with van der Waals surface area (Å²) in [4.78, 5) is 20.2. The summed E-state index contributed by atoms with van der Waals surface area (Å²) in [5, 5.41) is 1.41. The number of hydrogen-bond acceptors (Lipinski definition) is 2. The molecule has 0 aromatic carbocycles. The van der Waals surface area contributed by atoms with E-state index < -0.39 is 0 Å². The molecule has 4 heteroatoms. The zero-order valence-corrected chi connectivity index (χ0v) is 13.9. The minimum Gasteiger partial charge on any atom is -0.317 e. The number of hydrogen-bond donors (Lipinski definition) is 0. The van der Waals surface area contributed by atoms with Crippen LogP contribution in [0.4, 0.5) is 4.79 Å². The van der Waals surface area contributed by atoms with Gasteiger partial charge in [0.05, 0.1) is 7.11 Å². The smallest absolute Gasteiger partial charge is 0.317 e. The van der Waals surface area contributed by atoms with Crippen LogP contribution in [0, 0.1) is 0 Å². The quantitative estimate of drug-likeness (QED) is 0.573. The molecule has 0 N–H and O–H groups in total. The molecule has 2 aliphatic carbocycles. The van der Waals surface area contributed by atoms with Crippen LogP contribution in [-0.2, 0) is 4.84 Å². The average molecular weight is 296 g/mol. The minimum atomic E-state index is 0.0660. The maximum atomic E-state index is 12.8. The van der Waals surface area contributed by atoms with E-state index in [9.17, 15) is 4.79 Å². The molecule has 0 radical (unpaired) electrons. The Kier molecular flexibility index (Phi) is 6.81. The predicted molar refractivity (Wildman–Crippen MR) is 85.0 cm³/mol. The predicted octanol–water partition coefficient (Wildman–Crippen LogP) is 4.35. The summed E-state index contributed by atoms with van der Waals surface area (Å²) in [7, 11) is 3.32. The van der Waals surface area contributed by atoms with Gasteiger partial charge in [0.15, 0.2) is 0 Å². The van der Waals surface area contributed by atoms with Gasteiger partial charge >= 0.3 is 6.03 Å². The van der Waals surface area contributed by atoms with Gasteiger partial charge in [-0.15, -0.1) is 0 Å². The number of urea groups is 1. The standard InChI is InChI=1S/C17H32N2O2/c1-18(21-2)17(20)19(15-11-7-3-4-8-12-15)16-13-9-5-6-10-14-16/h15-16H,3-14H2,1-2H3. The molecule has 0 saturated heterocycles. The normalized spacial score (nSPS) is 22.4. The summed E-state index contributed by atoms with van der Waals surface area (Å²) in [6, 6.07) is 0.901. The van der Waals surface area contributed by atoms with Crippen LogP contribution < -0.4 is 0 Å². The van der Waals surface area contributed by atoms with E-state index in [4.69, 9.17) is 4.84 Å². The lowest BCUT2D eigenvalue weighted by Gasteiger charge is -2.39. The SMILES string of the molecule is CON(C)C(=O)N(C1CCCCCC1)C1CCCCCC1. The molecule has 0 spiro atoms. The van der Waals surface area contributed by atoms with Gasteiger partial charge in [0, 0.05) is 19.1 Å². The fraction of sp³-hybridized carbons (Fsp3) is 0.941. The third kappa shape index (κ3) is 4.60. The first-order valence-corrected chi connectivity index (χ1v) is 8.84. The average Bonchev–Trinajstić information content (AvgIpc) is 2.92. The van der Waals surface area contributed by atoms with Crippen molar-refractivity contribution in [3.63, 3.8) is 0 Å². The molecule has 0 bridgehead atoms. The van der Waals surface area contributed by atoms with Crippen molar-refractivity contribution in [1.82, 2.24) is 9.96 Å². The second kappa shape index (κ2) is 8.62. The van der Waals surface area contributed by atoms with Gasteiger partial charge in [0.2, 0.25) is 0 Å². The largest absolute Gasteiger partial charge is 0.344 e. The summed E-state index contributed by atoms with van der Waals surface area (Å²) in [6.45, 7) is 0. The highest BCUT2D eigenvalue weighted by Crippen LogP contribution is 2.30. The Morgan fingerprint density at radius 2 is 1.19 bits per heavy atom. The molecule has 2 amide bonds. The topological polar surface area (TPSA) is 32.8 Å². The van der Waals surface area contributed by atoms with Crippen LogP contribution in [0.25, 0.3) is 0 Å². The van der Waals surface area contributed by atoms with Crippen LogP contribution in [0.2, 0.25) is 0 Å². The van der Waals surface area contributed by atoms with E-state index in [1.807, 2.05) is 0 Å². The zero-order valence-electron chi connectivity index (χ0n) is 13.9. The Balaban J connectivity index is 2.13. The lowest BCUT2D eigenvalue weighted by molar-refractivity contribution is -0.0838. The van der Waals surface area contributed by atoms with Crippen molar-refractivity contribution in [2.24, 2.45) is 0 Å². The Morgan fingerprint density at radius 1 is 0.810 bits per heavy atom. The maximum absolute atomic E-state index is 12.8. The van der Waals surface area contributed by atoms with Gasteiger partial charge in [-0.3, -0.25) is 4.84 Å². The molecule has 4 nitrogen and oxygen atoms in total. The summed E-state index contributed by atoms with van der Waals surface area (Å²) < 4.78 is 0.